The van der Waals surface area contributed by atoms with E-state index in [1.807, 2.05) is 0 Å². The molecule has 1 aromatic carbocycles. The molecule has 9 heteroatoms. The first-order valence-electron chi connectivity index (χ1n) is 9.40. The van der Waals surface area contributed by atoms with E-state index in [0.29, 0.717) is 4.57 Å². The van der Waals surface area contributed by atoms with E-state index in [4.69, 9.17) is 9.47 Å². The number of aromatic nitrogens is 2. The Morgan fingerprint density at radius 2 is 1.47 bits per heavy atom. The molecule has 0 aliphatic heterocycles. The third-order valence-electron chi connectivity index (χ3n) is 5.45. The standard InChI is InChI=1S/C21H22N2O7/c1-12-11-22(14-9-15(19(26)29-2)16(10-14)20(27)30-3)21(28)23(17(12)24)18(25)13-7-5-4-6-8-13/h4-8,11,14-16H,9-10H2,1-3H3/t14?,15-,16+. The normalized spacial score (nSPS) is 20.6. The van der Waals surface area contributed by atoms with Gasteiger partial charge in [-0.15, -0.1) is 0 Å². The molecule has 0 bridgehead atoms. The molecule has 2 aromatic rings. The summed E-state index contributed by atoms with van der Waals surface area (Å²) >= 11 is 0. The molecule has 3 atom stereocenters. The molecule has 0 radical (unpaired) electrons. The number of hydrogen-bond donors (Lipinski definition) is 0. The van der Waals surface area contributed by atoms with Crippen LogP contribution in [0.1, 0.15) is 34.8 Å². The molecular weight excluding hydrogens is 392 g/mol. The first kappa shape index (κ1) is 21.2. The zero-order valence-electron chi connectivity index (χ0n) is 16.9. The van der Waals surface area contributed by atoms with Gasteiger partial charge in [0.2, 0.25) is 0 Å². The van der Waals surface area contributed by atoms with Gasteiger partial charge in [0.05, 0.1) is 26.1 Å². The van der Waals surface area contributed by atoms with Crippen molar-refractivity contribution in [2.75, 3.05) is 14.2 Å². The summed E-state index contributed by atoms with van der Waals surface area (Å²) in [4.78, 5) is 62.9. The summed E-state index contributed by atoms with van der Waals surface area (Å²) in [6.45, 7) is 1.50. The molecule has 30 heavy (non-hydrogen) atoms. The lowest BCUT2D eigenvalue weighted by atomic mass is 9.96. The van der Waals surface area contributed by atoms with Crippen molar-refractivity contribution in [3.05, 3.63) is 68.5 Å². The van der Waals surface area contributed by atoms with Crippen LogP contribution in [0.25, 0.3) is 0 Å². The average Bonchev–Trinajstić information content (AvgIpc) is 3.21. The van der Waals surface area contributed by atoms with Gasteiger partial charge in [0.1, 0.15) is 0 Å². The second-order valence-electron chi connectivity index (χ2n) is 7.20. The smallest absolute Gasteiger partial charge is 0.338 e. The van der Waals surface area contributed by atoms with Crippen molar-refractivity contribution in [3.8, 4) is 0 Å². The highest BCUT2D eigenvalue weighted by molar-refractivity contribution is 5.95. The highest BCUT2D eigenvalue weighted by Crippen LogP contribution is 2.40. The van der Waals surface area contributed by atoms with Crippen LogP contribution in [0.3, 0.4) is 0 Å². The molecule has 0 amide bonds. The Kier molecular flexibility index (Phi) is 6.00. The number of ether oxygens (including phenoxy) is 2. The lowest BCUT2D eigenvalue weighted by Gasteiger charge is -2.16. The van der Waals surface area contributed by atoms with Crippen molar-refractivity contribution < 1.29 is 23.9 Å². The average molecular weight is 414 g/mol. The zero-order chi connectivity index (χ0) is 22.0. The minimum atomic E-state index is -0.821. The van der Waals surface area contributed by atoms with E-state index >= 15 is 0 Å². The van der Waals surface area contributed by atoms with Crippen LogP contribution in [0.5, 0.6) is 0 Å². The van der Waals surface area contributed by atoms with Gasteiger partial charge in [-0.05, 0) is 31.9 Å². The largest absolute Gasteiger partial charge is 0.469 e. The molecule has 3 rings (SSSR count). The topological polar surface area (TPSA) is 114 Å². The van der Waals surface area contributed by atoms with E-state index in [2.05, 4.69) is 0 Å². The first-order chi connectivity index (χ1) is 14.3. The lowest BCUT2D eigenvalue weighted by molar-refractivity contribution is -0.156. The maximum Gasteiger partial charge on any atom is 0.338 e. The van der Waals surface area contributed by atoms with Gasteiger partial charge in [0.15, 0.2) is 0 Å². The molecule has 9 nitrogen and oxygen atoms in total. The van der Waals surface area contributed by atoms with E-state index in [1.165, 1.54) is 44.0 Å². The number of hydrogen-bond acceptors (Lipinski definition) is 7. The zero-order valence-corrected chi connectivity index (χ0v) is 16.9. The van der Waals surface area contributed by atoms with Crippen molar-refractivity contribution in [3.63, 3.8) is 0 Å². The van der Waals surface area contributed by atoms with E-state index < -0.39 is 47.0 Å². The highest BCUT2D eigenvalue weighted by Gasteiger charge is 2.45. The van der Waals surface area contributed by atoms with E-state index in [1.54, 1.807) is 18.2 Å². The third kappa shape index (κ3) is 3.70. The molecule has 1 aromatic heterocycles. The van der Waals surface area contributed by atoms with Crippen molar-refractivity contribution in [2.45, 2.75) is 25.8 Å². The van der Waals surface area contributed by atoms with Gasteiger partial charge < -0.3 is 9.47 Å². The predicted molar refractivity (Wildman–Crippen MR) is 105 cm³/mol. The number of methoxy groups -OCH3 is 2. The van der Waals surface area contributed by atoms with Crippen molar-refractivity contribution in [1.82, 2.24) is 9.13 Å². The minimum absolute atomic E-state index is 0.142. The van der Waals surface area contributed by atoms with Gasteiger partial charge >= 0.3 is 17.6 Å². The highest BCUT2D eigenvalue weighted by atomic mass is 16.5. The van der Waals surface area contributed by atoms with Crippen LogP contribution < -0.4 is 11.2 Å². The maximum absolute atomic E-state index is 13.1. The van der Waals surface area contributed by atoms with Gasteiger partial charge in [-0.2, -0.15) is 4.57 Å². The molecule has 1 heterocycles. The SMILES string of the molecule is COC(=O)[C@H]1CC(n2cc(C)c(=O)n(C(=O)c3ccccc3)c2=O)C[C@H]1C(=O)OC. The molecule has 1 unspecified atom stereocenters. The molecule has 1 fully saturated rings. The lowest BCUT2D eigenvalue weighted by Crippen LogP contribution is -2.45. The fraction of sp³-hybridized carbons (Fsp3) is 0.381. The summed E-state index contributed by atoms with van der Waals surface area (Å²) in [5, 5.41) is 0. The van der Waals surface area contributed by atoms with Crippen LogP contribution in [0.15, 0.2) is 46.1 Å². The second-order valence-corrected chi connectivity index (χ2v) is 7.20. The third-order valence-corrected chi connectivity index (χ3v) is 5.45. The van der Waals surface area contributed by atoms with Crippen LogP contribution in [0.2, 0.25) is 0 Å². The van der Waals surface area contributed by atoms with Crippen LogP contribution >= 0.6 is 0 Å². The molecule has 158 valence electrons. The molecule has 1 aliphatic carbocycles. The molecule has 0 spiro atoms. The number of rotatable bonds is 4. The number of esters is 2. The Morgan fingerprint density at radius 1 is 0.933 bits per heavy atom. The first-order valence-corrected chi connectivity index (χ1v) is 9.40. The summed E-state index contributed by atoms with van der Waals surface area (Å²) < 4.78 is 11.4. The van der Waals surface area contributed by atoms with E-state index in [0.717, 1.165) is 0 Å². The second kappa shape index (κ2) is 8.48. The summed E-state index contributed by atoms with van der Waals surface area (Å²) in [6.07, 6.45) is 1.64. The summed E-state index contributed by atoms with van der Waals surface area (Å²) in [5.74, 6) is -3.47. The number of carbonyl (C=O) groups is 3. The predicted octanol–water partition coefficient (Wildman–Crippen LogP) is 0.920. The molecule has 0 N–H and O–H groups in total. The van der Waals surface area contributed by atoms with Gasteiger partial charge in [0.25, 0.3) is 11.5 Å². The van der Waals surface area contributed by atoms with Crippen LogP contribution in [-0.4, -0.2) is 41.2 Å². The summed E-state index contributed by atoms with van der Waals surface area (Å²) in [5.41, 5.74) is -1.15. The molecule has 1 saturated carbocycles. The number of aryl methyl sites for hydroxylation is 1. The Labute approximate surface area is 171 Å². The Morgan fingerprint density at radius 3 is 1.97 bits per heavy atom. The summed E-state index contributed by atoms with van der Waals surface area (Å²) in [6, 6.07) is 7.41. The number of benzene rings is 1. The van der Waals surface area contributed by atoms with Crippen LogP contribution in [0.4, 0.5) is 0 Å². The van der Waals surface area contributed by atoms with Crippen molar-refractivity contribution in [1.29, 1.82) is 0 Å². The van der Waals surface area contributed by atoms with Crippen LogP contribution in [0, 0.1) is 18.8 Å². The van der Waals surface area contributed by atoms with E-state index in [9.17, 15) is 24.0 Å². The minimum Gasteiger partial charge on any atom is -0.469 e. The van der Waals surface area contributed by atoms with Gasteiger partial charge in [-0.25, -0.2) is 4.79 Å². The van der Waals surface area contributed by atoms with Gasteiger partial charge in [-0.3, -0.25) is 23.7 Å². The Bertz CT molecular complexity index is 1080. The fourth-order valence-electron chi connectivity index (χ4n) is 3.91. The van der Waals surface area contributed by atoms with Crippen molar-refractivity contribution >= 4 is 17.8 Å². The summed E-state index contributed by atoms with van der Waals surface area (Å²) in [7, 11) is 2.44. The fourth-order valence-corrected chi connectivity index (χ4v) is 3.91. The molecule has 0 saturated heterocycles. The molecular formula is C21H22N2O7. The van der Waals surface area contributed by atoms with Crippen molar-refractivity contribution in [2.24, 2.45) is 11.8 Å². The molecule has 1 aliphatic rings. The number of carbonyl (C=O) groups excluding carboxylic acids is 3. The monoisotopic (exact) mass is 414 g/mol. The van der Waals surface area contributed by atoms with Gasteiger partial charge in [0, 0.05) is 23.4 Å². The van der Waals surface area contributed by atoms with Gasteiger partial charge in [-0.1, -0.05) is 18.2 Å². The Balaban J connectivity index is 2.07. The number of nitrogens with zero attached hydrogens (tertiary/aromatic N) is 2. The van der Waals surface area contributed by atoms with E-state index in [-0.39, 0.29) is 24.0 Å². The Hall–Kier alpha value is -3.49. The quantitative estimate of drug-likeness (QED) is 0.684. The van der Waals surface area contributed by atoms with Crippen LogP contribution in [-0.2, 0) is 19.1 Å². The maximum atomic E-state index is 13.1.